The first-order valence-electron chi connectivity index (χ1n) is 11.3. The molecule has 3 saturated heterocycles. The lowest BCUT2D eigenvalue weighted by atomic mass is 9.71. The molecule has 0 aromatic heterocycles. The molecule has 164 valence electrons. The van der Waals surface area contributed by atoms with Crippen LogP contribution in [0.25, 0.3) is 0 Å². The van der Waals surface area contributed by atoms with Crippen molar-refractivity contribution in [2.45, 2.75) is 44.1 Å². The van der Waals surface area contributed by atoms with Gasteiger partial charge in [-0.1, -0.05) is 30.3 Å². The molecule has 0 saturated carbocycles. The molecule has 3 fully saturated rings. The molecular formula is C24H35N3O3. The zero-order chi connectivity index (χ0) is 21.2. The predicted octanol–water partition coefficient (Wildman–Crippen LogP) is 2.18. The summed E-state index contributed by atoms with van der Waals surface area (Å²) < 4.78 is 5.21. The summed E-state index contributed by atoms with van der Waals surface area (Å²) in [5.74, 6) is 0.530. The highest BCUT2D eigenvalue weighted by Crippen LogP contribution is 2.52. The fraction of sp³-hybridized carbons (Fsp3) is 0.667. The Hall–Kier alpha value is -1.92. The molecular weight excluding hydrogens is 378 g/mol. The van der Waals surface area contributed by atoms with Crippen molar-refractivity contribution >= 4 is 11.8 Å². The lowest BCUT2D eigenvalue weighted by molar-refractivity contribution is -0.140. The highest BCUT2D eigenvalue weighted by molar-refractivity contribution is 5.86. The standard InChI is InChI=1S/C24H35N3O3/c1-25-22(29)23(8-12-26(13-9-23)16-17-30-2)19-24(25)10-14-27(15-11-24)21(28)18-20-6-4-3-5-7-20/h3-7H,8-19H2,1-2H3. The molecule has 2 amide bonds. The van der Waals surface area contributed by atoms with Crippen LogP contribution in [0.4, 0.5) is 0 Å². The highest BCUT2D eigenvalue weighted by Gasteiger charge is 2.58. The maximum atomic E-state index is 13.3. The van der Waals surface area contributed by atoms with E-state index in [1.54, 1.807) is 7.11 Å². The number of ether oxygens (including phenoxy) is 1. The number of piperidine rings is 2. The number of nitrogens with zero attached hydrogens (tertiary/aromatic N) is 3. The van der Waals surface area contributed by atoms with E-state index in [4.69, 9.17) is 4.74 Å². The van der Waals surface area contributed by atoms with Gasteiger partial charge in [-0.3, -0.25) is 9.59 Å². The molecule has 6 nitrogen and oxygen atoms in total. The van der Waals surface area contributed by atoms with Crippen LogP contribution in [0.5, 0.6) is 0 Å². The summed E-state index contributed by atoms with van der Waals surface area (Å²) in [5, 5.41) is 0. The summed E-state index contributed by atoms with van der Waals surface area (Å²) in [6, 6.07) is 9.95. The number of hydrogen-bond donors (Lipinski definition) is 0. The topological polar surface area (TPSA) is 53.1 Å². The first kappa shape index (κ1) is 21.3. The number of methoxy groups -OCH3 is 1. The SMILES string of the molecule is COCCN1CCC2(CC1)CC1(CCN(C(=O)Cc3ccccc3)CC1)N(C)C2=O. The molecule has 2 spiro atoms. The van der Waals surface area contributed by atoms with Crippen molar-refractivity contribution in [3.05, 3.63) is 35.9 Å². The van der Waals surface area contributed by atoms with Crippen LogP contribution in [0.15, 0.2) is 30.3 Å². The van der Waals surface area contributed by atoms with Gasteiger partial charge >= 0.3 is 0 Å². The average molecular weight is 414 g/mol. The number of amides is 2. The lowest BCUT2D eigenvalue weighted by Crippen LogP contribution is -2.53. The summed E-state index contributed by atoms with van der Waals surface area (Å²) in [6.45, 7) is 5.14. The van der Waals surface area contributed by atoms with E-state index in [0.29, 0.717) is 12.3 Å². The smallest absolute Gasteiger partial charge is 0.229 e. The predicted molar refractivity (Wildman–Crippen MR) is 116 cm³/mol. The van der Waals surface area contributed by atoms with Crippen molar-refractivity contribution < 1.29 is 14.3 Å². The second-order valence-electron chi connectivity index (χ2n) is 9.42. The normalized spacial score (nSPS) is 23.5. The first-order valence-corrected chi connectivity index (χ1v) is 11.3. The fourth-order valence-electron chi connectivity index (χ4n) is 5.78. The Morgan fingerprint density at radius 3 is 2.33 bits per heavy atom. The van der Waals surface area contributed by atoms with Gasteiger partial charge in [0.1, 0.15) is 0 Å². The maximum Gasteiger partial charge on any atom is 0.229 e. The molecule has 3 heterocycles. The van der Waals surface area contributed by atoms with Crippen molar-refractivity contribution in [2.75, 3.05) is 53.5 Å². The van der Waals surface area contributed by atoms with Gasteiger partial charge in [0.05, 0.1) is 18.4 Å². The van der Waals surface area contributed by atoms with Gasteiger partial charge in [0.15, 0.2) is 0 Å². The van der Waals surface area contributed by atoms with Gasteiger partial charge < -0.3 is 19.4 Å². The average Bonchev–Trinajstić information content (AvgIpc) is 2.96. The van der Waals surface area contributed by atoms with Gasteiger partial charge in [-0.25, -0.2) is 0 Å². The Labute approximate surface area is 180 Å². The van der Waals surface area contributed by atoms with Gasteiger partial charge in [0.2, 0.25) is 11.8 Å². The van der Waals surface area contributed by atoms with Crippen LogP contribution in [-0.4, -0.2) is 85.5 Å². The first-order chi connectivity index (χ1) is 14.5. The molecule has 0 radical (unpaired) electrons. The zero-order valence-electron chi connectivity index (χ0n) is 18.4. The van der Waals surface area contributed by atoms with Crippen molar-refractivity contribution in [1.82, 2.24) is 14.7 Å². The van der Waals surface area contributed by atoms with E-state index in [1.807, 2.05) is 42.3 Å². The third-order valence-corrected chi connectivity index (χ3v) is 7.81. The van der Waals surface area contributed by atoms with Crippen molar-refractivity contribution in [3.63, 3.8) is 0 Å². The molecule has 1 aromatic rings. The van der Waals surface area contributed by atoms with Crippen LogP contribution in [0.3, 0.4) is 0 Å². The van der Waals surface area contributed by atoms with Crippen LogP contribution in [0.1, 0.15) is 37.7 Å². The molecule has 3 aliphatic heterocycles. The van der Waals surface area contributed by atoms with Gasteiger partial charge in [0, 0.05) is 39.3 Å². The minimum absolute atomic E-state index is 0.0741. The number of likely N-dealkylation sites (tertiary alicyclic amines) is 3. The number of carbonyl (C=O) groups excluding carboxylic acids is 2. The third-order valence-electron chi connectivity index (χ3n) is 7.81. The van der Waals surface area contributed by atoms with Gasteiger partial charge in [-0.15, -0.1) is 0 Å². The summed E-state index contributed by atoms with van der Waals surface area (Å²) in [7, 11) is 3.73. The van der Waals surface area contributed by atoms with Gasteiger partial charge in [-0.2, -0.15) is 0 Å². The second-order valence-corrected chi connectivity index (χ2v) is 9.42. The van der Waals surface area contributed by atoms with Crippen molar-refractivity contribution in [1.29, 1.82) is 0 Å². The zero-order valence-corrected chi connectivity index (χ0v) is 18.4. The summed E-state index contributed by atoms with van der Waals surface area (Å²) in [4.78, 5) is 32.6. The van der Waals surface area contributed by atoms with Crippen LogP contribution in [0, 0.1) is 5.41 Å². The Morgan fingerprint density at radius 2 is 1.70 bits per heavy atom. The molecule has 0 unspecified atom stereocenters. The van der Waals surface area contributed by atoms with E-state index in [-0.39, 0.29) is 16.9 Å². The minimum atomic E-state index is -0.200. The van der Waals surface area contributed by atoms with E-state index in [9.17, 15) is 9.59 Å². The molecule has 0 aliphatic carbocycles. The summed E-state index contributed by atoms with van der Waals surface area (Å²) >= 11 is 0. The molecule has 4 rings (SSSR count). The monoisotopic (exact) mass is 413 g/mol. The van der Waals surface area contributed by atoms with Crippen LogP contribution in [0.2, 0.25) is 0 Å². The van der Waals surface area contributed by atoms with Crippen molar-refractivity contribution in [3.8, 4) is 0 Å². The molecule has 30 heavy (non-hydrogen) atoms. The molecule has 0 bridgehead atoms. The minimum Gasteiger partial charge on any atom is -0.383 e. The molecule has 1 aromatic carbocycles. The number of carbonyl (C=O) groups is 2. The quantitative estimate of drug-likeness (QED) is 0.743. The Balaban J connectivity index is 1.36. The van der Waals surface area contributed by atoms with Crippen LogP contribution >= 0.6 is 0 Å². The van der Waals surface area contributed by atoms with E-state index in [2.05, 4.69) is 9.80 Å². The molecule has 0 atom stereocenters. The number of hydrogen-bond acceptors (Lipinski definition) is 4. The molecule has 3 aliphatic rings. The van der Waals surface area contributed by atoms with Crippen LogP contribution < -0.4 is 0 Å². The van der Waals surface area contributed by atoms with Gasteiger partial charge in [0.25, 0.3) is 0 Å². The molecule has 6 heteroatoms. The Kier molecular flexibility index (Phi) is 6.16. The van der Waals surface area contributed by atoms with E-state index in [1.165, 1.54) is 0 Å². The second kappa shape index (κ2) is 8.67. The summed E-state index contributed by atoms with van der Waals surface area (Å²) in [6.07, 6.45) is 5.09. The third kappa shape index (κ3) is 4.00. The van der Waals surface area contributed by atoms with E-state index in [0.717, 1.165) is 77.0 Å². The number of rotatable bonds is 5. The van der Waals surface area contributed by atoms with Crippen molar-refractivity contribution in [2.24, 2.45) is 5.41 Å². The maximum absolute atomic E-state index is 13.3. The Morgan fingerprint density at radius 1 is 1.03 bits per heavy atom. The molecule has 0 N–H and O–H groups in total. The Bertz CT molecular complexity index is 750. The van der Waals surface area contributed by atoms with Crippen LogP contribution in [-0.2, 0) is 20.7 Å². The van der Waals surface area contributed by atoms with E-state index >= 15 is 0 Å². The largest absolute Gasteiger partial charge is 0.383 e. The van der Waals surface area contributed by atoms with Gasteiger partial charge in [-0.05, 0) is 50.8 Å². The fourth-order valence-corrected chi connectivity index (χ4v) is 5.78. The van der Waals surface area contributed by atoms with E-state index < -0.39 is 0 Å². The summed E-state index contributed by atoms with van der Waals surface area (Å²) in [5.41, 5.74) is 0.791. The highest BCUT2D eigenvalue weighted by atomic mass is 16.5. The number of benzene rings is 1. The lowest BCUT2D eigenvalue weighted by Gasteiger charge is -2.44.